The highest BCUT2D eigenvalue weighted by Gasteiger charge is 2.24. The van der Waals surface area contributed by atoms with Gasteiger partial charge in [-0.2, -0.15) is 0 Å². The van der Waals surface area contributed by atoms with Crippen LogP contribution in [0, 0.1) is 16.6 Å². The summed E-state index contributed by atoms with van der Waals surface area (Å²) < 4.78 is 26.0. The van der Waals surface area contributed by atoms with Gasteiger partial charge in [-0.15, -0.1) is 0 Å². The van der Waals surface area contributed by atoms with Crippen LogP contribution >= 0.6 is 0 Å². The van der Waals surface area contributed by atoms with Gasteiger partial charge in [0.1, 0.15) is 22.9 Å². The van der Waals surface area contributed by atoms with Crippen LogP contribution in [0.4, 0.5) is 15.8 Å². The molecule has 0 aliphatic carbocycles. The second-order valence-electron chi connectivity index (χ2n) is 10.1. The SMILES string of the molecule is COc1cc(NC(=O)C(C)(C)C)c2c(=O)cc(-c3ccc(NC(=O)C(C)(C)C)c(F)c3)oc2c1. The molecule has 0 saturated carbocycles. The number of carbonyl (C=O) groups is 2. The molecule has 180 valence electrons. The first-order valence-corrected chi connectivity index (χ1v) is 10.8. The predicted octanol–water partition coefficient (Wildman–Crippen LogP) is 5.58. The molecule has 8 heteroatoms. The molecule has 0 spiro atoms. The van der Waals surface area contributed by atoms with Gasteiger partial charge in [-0.05, 0) is 18.2 Å². The number of carbonyl (C=O) groups excluding carboxylic acids is 2. The molecular weight excluding hydrogens is 439 g/mol. The van der Waals surface area contributed by atoms with E-state index < -0.39 is 22.1 Å². The average molecular weight is 469 g/mol. The third-order valence-corrected chi connectivity index (χ3v) is 5.15. The van der Waals surface area contributed by atoms with Gasteiger partial charge < -0.3 is 19.8 Å². The first-order chi connectivity index (χ1) is 15.7. The van der Waals surface area contributed by atoms with Gasteiger partial charge >= 0.3 is 0 Å². The molecule has 2 amide bonds. The number of fused-ring (bicyclic) bond motifs is 1. The Bertz CT molecular complexity index is 1330. The number of rotatable bonds is 4. The fraction of sp³-hybridized carbons (Fsp3) is 0.346. The van der Waals surface area contributed by atoms with E-state index in [0.717, 1.165) is 0 Å². The van der Waals surface area contributed by atoms with Crippen molar-refractivity contribution in [1.82, 2.24) is 0 Å². The van der Waals surface area contributed by atoms with E-state index in [4.69, 9.17) is 9.15 Å². The van der Waals surface area contributed by atoms with Crippen LogP contribution < -0.4 is 20.8 Å². The lowest BCUT2D eigenvalue weighted by molar-refractivity contribution is -0.123. The lowest BCUT2D eigenvalue weighted by Crippen LogP contribution is -2.28. The Morgan fingerprint density at radius 2 is 1.47 bits per heavy atom. The van der Waals surface area contributed by atoms with Crippen LogP contribution in [0.15, 0.2) is 45.6 Å². The molecule has 0 aliphatic rings. The van der Waals surface area contributed by atoms with E-state index in [0.29, 0.717) is 11.3 Å². The monoisotopic (exact) mass is 468 g/mol. The normalized spacial score (nSPS) is 11.9. The van der Waals surface area contributed by atoms with Gasteiger partial charge in [0.25, 0.3) is 0 Å². The third kappa shape index (κ3) is 5.27. The highest BCUT2D eigenvalue weighted by molar-refractivity contribution is 6.03. The average Bonchev–Trinajstić information content (AvgIpc) is 2.73. The highest BCUT2D eigenvalue weighted by atomic mass is 19.1. The Kier molecular flexibility index (Phi) is 6.55. The number of nitrogens with one attached hydrogen (secondary N) is 2. The maximum atomic E-state index is 14.7. The lowest BCUT2D eigenvalue weighted by atomic mass is 9.95. The van der Waals surface area contributed by atoms with Crippen LogP contribution in [0.3, 0.4) is 0 Å². The van der Waals surface area contributed by atoms with Crippen molar-refractivity contribution in [3.8, 4) is 17.1 Å². The summed E-state index contributed by atoms with van der Waals surface area (Å²) in [5, 5.41) is 5.50. The molecule has 0 saturated heterocycles. The second kappa shape index (κ2) is 8.93. The fourth-order valence-electron chi connectivity index (χ4n) is 3.01. The maximum absolute atomic E-state index is 14.7. The molecule has 3 aromatic rings. The highest BCUT2D eigenvalue weighted by Crippen LogP contribution is 2.32. The van der Waals surface area contributed by atoms with Crippen molar-refractivity contribution in [3.05, 3.63) is 52.4 Å². The number of hydrogen-bond acceptors (Lipinski definition) is 5. The van der Waals surface area contributed by atoms with Gasteiger partial charge in [-0.1, -0.05) is 41.5 Å². The number of anilines is 2. The topological polar surface area (TPSA) is 97.6 Å². The van der Waals surface area contributed by atoms with Crippen LogP contribution in [0.5, 0.6) is 5.75 Å². The van der Waals surface area contributed by atoms with E-state index in [1.165, 1.54) is 31.4 Å². The molecule has 7 nitrogen and oxygen atoms in total. The minimum atomic E-state index is -0.685. The number of halogens is 1. The predicted molar refractivity (Wildman–Crippen MR) is 131 cm³/mol. The molecule has 3 rings (SSSR count). The first-order valence-electron chi connectivity index (χ1n) is 10.8. The fourth-order valence-corrected chi connectivity index (χ4v) is 3.01. The minimum absolute atomic E-state index is 0.0284. The molecule has 2 N–H and O–H groups in total. The van der Waals surface area contributed by atoms with Crippen molar-refractivity contribution >= 4 is 34.2 Å². The summed E-state index contributed by atoms with van der Waals surface area (Å²) in [6.45, 7) is 10.5. The van der Waals surface area contributed by atoms with Crippen molar-refractivity contribution < 1.29 is 23.1 Å². The van der Waals surface area contributed by atoms with Gasteiger partial charge in [-0.25, -0.2) is 4.39 Å². The van der Waals surface area contributed by atoms with Crippen LogP contribution in [0.1, 0.15) is 41.5 Å². The van der Waals surface area contributed by atoms with Crippen LogP contribution in [0.2, 0.25) is 0 Å². The Morgan fingerprint density at radius 1 is 0.882 bits per heavy atom. The zero-order valence-electron chi connectivity index (χ0n) is 20.4. The van der Waals surface area contributed by atoms with Gasteiger partial charge in [0.2, 0.25) is 11.8 Å². The molecule has 34 heavy (non-hydrogen) atoms. The summed E-state index contributed by atoms with van der Waals surface area (Å²) in [7, 11) is 1.46. The smallest absolute Gasteiger partial charge is 0.229 e. The summed E-state index contributed by atoms with van der Waals surface area (Å²) in [6.07, 6.45) is 0. The van der Waals surface area contributed by atoms with Crippen molar-refractivity contribution in [2.75, 3.05) is 17.7 Å². The van der Waals surface area contributed by atoms with E-state index in [2.05, 4.69) is 10.6 Å². The second-order valence-corrected chi connectivity index (χ2v) is 10.1. The molecule has 0 bridgehead atoms. The maximum Gasteiger partial charge on any atom is 0.229 e. The Balaban J connectivity index is 2.07. The van der Waals surface area contributed by atoms with Crippen LogP contribution in [0.25, 0.3) is 22.3 Å². The quantitative estimate of drug-likeness (QED) is 0.521. The van der Waals surface area contributed by atoms with Crippen LogP contribution in [-0.2, 0) is 9.59 Å². The molecular formula is C26H29FN2O5. The van der Waals surface area contributed by atoms with Gasteiger partial charge in [-0.3, -0.25) is 14.4 Å². The van der Waals surface area contributed by atoms with Gasteiger partial charge in [0.15, 0.2) is 5.43 Å². The Morgan fingerprint density at radius 3 is 2.00 bits per heavy atom. The number of ether oxygens (including phenoxy) is 1. The standard InChI is InChI=1S/C26H29FN2O5/c1-25(2,3)23(31)28-17-9-8-14(10-16(17)27)20-13-19(30)22-18(29-24(32)26(4,5)6)11-15(33-7)12-21(22)34-20/h8-13H,1-7H3,(H,28,31)(H,29,32). The molecule has 1 heterocycles. The molecule has 0 unspecified atom stereocenters. The van der Waals surface area contributed by atoms with Gasteiger partial charge in [0, 0.05) is 34.6 Å². The van der Waals surface area contributed by atoms with E-state index in [-0.39, 0.29) is 39.9 Å². The number of methoxy groups -OCH3 is 1. The number of benzene rings is 2. The largest absolute Gasteiger partial charge is 0.497 e. The lowest BCUT2D eigenvalue weighted by Gasteiger charge is -2.19. The minimum Gasteiger partial charge on any atom is -0.497 e. The van der Waals surface area contributed by atoms with E-state index in [1.54, 1.807) is 53.7 Å². The zero-order valence-corrected chi connectivity index (χ0v) is 20.4. The van der Waals surface area contributed by atoms with Crippen molar-refractivity contribution in [2.24, 2.45) is 10.8 Å². The summed E-state index contributed by atoms with van der Waals surface area (Å²) in [5.74, 6) is -0.759. The number of hydrogen-bond donors (Lipinski definition) is 2. The van der Waals surface area contributed by atoms with Crippen molar-refractivity contribution in [3.63, 3.8) is 0 Å². The third-order valence-electron chi connectivity index (χ3n) is 5.15. The van der Waals surface area contributed by atoms with Crippen molar-refractivity contribution in [2.45, 2.75) is 41.5 Å². The Hall–Kier alpha value is -3.68. The summed E-state index contributed by atoms with van der Waals surface area (Å²) in [5.41, 5.74) is -0.993. The van der Waals surface area contributed by atoms with E-state index in [1.807, 2.05) is 0 Å². The Labute approximate surface area is 197 Å². The zero-order chi connectivity index (χ0) is 25.4. The van der Waals surface area contributed by atoms with E-state index in [9.17, 15) is 18.8 Å². The molecule has 0 aliphatic heterocycles. The number of amides is 2. The summed E-state index contributed by atoms with van der Waals surface area (Å²) >= 11 is 0. The van der Waals surface area contributed by atoms with Gasteiger partial charge in [0.05, 0.1) is 23.9 Å². The molecule has 1 aromatic heterocycles. The summed E-state index contributed by atoms with van der Waals surface area (Å²) in [4.78, 5) is 37.7. The molecule has 0 fully saturated rings. The molecule has 2 aromatic carbocycles. The van der Waals surface area contributed by atoms with Crippen LogP contribution in [-0.4, -0.2) is 18.9 Å². The molecule has 0 atom stereocenters. The molecule has 0 radical (unpaired) electrons. The first kappa shape index (κ1) is 25.0. The van der Waals surface area contributed by atoms with Crippen molar-refractivity contribution in [1.29, 1.82) is 0 Å². The van der Waals surface area contributed by atoms with E-state index >= 15 is 0 Å². The summed E-state index contributed by atoms with van der Waals surface area (Å²) in [6, 6.07) is 8.47.